The maximum atomic E-state index is 14.9. The summed E-state index contributed by atoms with van der Waals surface area (Å²) in [5, 5.41) is 13.3. The number of carbonyl (C=O) groups is 2. The lowest BCUT2D eigenvalue weighted by molar-refractivity contribution is -0.123. The number of nitrogens with zero attached hydrogens (tertiary/aromatic N) is 1. The van der Waals surface area contributed by atoms with Crippen LogP contribution in [0.3, 0.4) is 0 Å². The van der Waals surface area contributed by atoms with E-state index in [-0.39, 0.29) is 16.9 Å². The second-order valence-corrected chi connectivity index (χ2v) is 13.0. The number of hydrogen-bond donors (Lipinski definition) is 2. The second-order valence-electron chi connectivity index (χ2n) is 13.0. The fourth-order valence-electron chi connectivity index (χ4n) is 5.59. The van der Waals surface area contributed by atoms with E-state index >= 15 is 0 Å². The highest BCUT2D eigenvalue weighted by Crippen LogP contribution is 2.39. The number of nitrogens with one attached hydrogen (secondary N) is 1. The Labute approximate surface area is 243 Å². The summed E-state index contributed by atoms with van der Waals surface area (Å²) >= 11 is 0. The van der Waals surface area contributed by atoms with Crippen LogP contribution in [0.4, 0.5) is 10.1 Å². The van der Waals surface area contributed by atoms with E-state index in [9.17, 15) is 19.1 Å². The monoisotopic (exact) mass is 558 g/mol. The molecule has 5 nitrogen and oxygen atoms in total. The molecule has 0 aromatic heterocycles. The molecule has 4 rings (SSSR count). The lowest BCUT2D eigenvalue weighted by atomic mass is 9.82. The lowest BCUT2D eigenvalue weighted by Gasteiger charge is -2.41. The number of piperidine rings is 1. The van der Waals surface area contributed by atoms with Crippen molar-refractivity contribution in [2.24, 2.45) is 5.92 Å². The molecule has 0 radical (unpaired) electrons. The SMILES string of the molecule is Cc1cccc(F)c1C(=O)N1CCC[C@H](C(=O)Nc2cccc(C(C)(C)C)c2)[C@@H]1c1ccc(CCC(C)(C)O)cc1. The van der Waals surface area contributed by atoms with E-state index in [1.807, 2.05) is 42.5 Å². The number of likely N-dealkylation sites (tertiary alicyclic amines) is 1. The zero-order chi connectivity index (χ0) is 29.9. The van der Waals surface area contributed by atoms with E-state index in [0.29, 0.717) is 37.8 Å². The summed E-state index contributed by atoms with van der Waals surface area (Å²) in [5.74, 6) is -1.62. The van der Waals surface area contributed by atoms with Crippen LogP contribution in [-0.4, -0.2) is 34.0 Å². The van der Waals surface area contributed by atoms with E-state index in [1.165, 1.54) is 6.07 Å². The third kappa shape index (κ3) is 7.42. The highest BCUT2D eigenvalue weighted by Gasteiger charge is 2.40. The average Bonchev–Trinajstić information content (AvgIpc) is 2.91. The molecule has 0 unspecified atom stereocenters. The molecule has 1 fully saturated rings. The Morgan fingerprint density at radius 1 is 1.00 bits per heavy atom. The van der Waals surface area contributed by atoms with Gasteiger partial charge in [-0.05, 0) is 92.3 Å². The van der Waals surface area contributed by atoms with Crippen molar-refractivity contribution >= 4 is 17.5 Å². The van der Waals surface area contributed by atoms with E-state index in [0.717, 1.165) is 22.4 Å². The molecule has 218 valence electrons. The van der Waals surface area contributed by atoms with Gasteiger partial charge >= 0.3 is 0 Å². The van der Waals surface area contributed by atoms with E-state index < -0.39 is 29.3 Å². The summed E-state index contributed by atoms with van der Waals surface area (Å²) in [7, 11) is 0. The fourth-order valence-corrected chi connectivity index (χ4v) is 5.59. The Bertz CT molecular complexity index is 1370. The summed E-state index contributed by atoms with van der Waals surface area (Å²) in [6, 6.07) is 19.9. The number of halogens is 1. The third-order valence-electron chi connectivity index (χ3n) is 8.01. The van der Waals surface area contributed by atoms with Crippen LogP contribution >= 0.6 is 0 Å². The number of aliphatic hydroxyl groups is 1. The number of benzene rings is 3. The van der Waals surface area contributed by atoms with Gasteiger partial charge in [0.05, 0.1) is 23.1 Å². The van der Waals surface area contributed by atoms with Crippen LogP contribution < -0.4 is 5.32 Å². The molecule has 3 aromatic rings. The quantitative estimate of drug-likeness (QED) is 0.318. The van der Waals surface area contributed by atoms with Crippen LogP contribution in [0.5, 0.6) is 0 Å². The van der Waals surface area contributed by atoms with Crippen LogP contribution in [0, 0.1) is 18.7 Å². The smallest absolute Gasteiger partial charge is 0.257 e. The minimum absolute atomic E-state index is 0.0539. The summed E-state index contributed by atoms with van der Waals surface area (Å²) in [6.45, 7) is 12.1. The number of carbonyl (C=O) groups excluding carboxylic acids is 2. The molecule has 1 aliphatic heterocycles. The third-order valence-corrected chi connectivity index (χ3v) is 8.01. The molecule has 2 N–H and O–H groups in total. The predicted molar refractivity (Wildman–Crippen MR) is 162 cm³/mol. The maximum Gasteiger partial charge on any atom is 0.257 e. The van der Waals surface area contributed by atoms with E-state index in [2.05, 4.69) is 32.2 Å². The first-order valence-electron chi connectivity index (χ1n) is 14.5. The average molecular weight is 559 g/mol. The van der Waals surface area contributed by atoms with Crippen LogP contribution in [0.1, 0.15) is 92.5 Å². The van der Waals surface area contributed by atoms with Gasteiger partial charge in [-0.3, -0.25) is 9.59 Å². The van der Waals surface area contributed by atoms with Crippen LogP contribution in [0.25, 0.3) is 0 Å². The largest absolute Gasteiger partial charge is 0.390 e. The molecule has 41 heavy (non-hydrogen) atoms. The Morgan fingerprint density at radius 3 is 2.32 bits per heavy atom. The van der Waals surface area contributed by atoms with Gasteiger partial charge in [0, 0.05) is 12.2 Å². The number of hydrogen-bond acceptors (Lipinski definition) is 3. The van der Waals surface area contributed by atoms with Gasteiger partial charge in [0.15, 0.2) is 0 Å². The Hall–Kier alpha value is -3.51. The number of aryl methyl sites for hydroxylation is 2. The second kappa shape index (κ2) is 12.2. The molecule has 1 saturated heterocycles. The van der Waals surface area contributed by atoms with Gasteiger partial charge in [0.1, 0.15) is 5.82 Å². The van der Waals surface area contributed by atoms with Gasteiger partial charge in [-0.25, -0.2) is 4.39 Å². The van der Waals surface area contributed by atoms with Gasteiger partial charge in [-0.15, -0.1) is 0 Å². The molecule has 0 aliphatic carbocycles. The highest BCUT2D eigenvalue weighted by atomic mass is 19.1. The van der Waals surface area contributed by atoms with Gasteiger partial charge in [0.2, 0.25) is 5.91 Å². The van der Waals surface area contributed by atoms with Crippen LogP contribution in [-0.2, 0) is 16.6 Å². The van der Waals surface area contributed by atoms with Crippen molar-refractivity contribution in [1.29, 1.82) is 0 Å². The minimum Gasteiger partial charge on any atom is -0.390 e. The van der Waals surface area contributed by atoms with Crippen molar-refractivity contribution in [3.63, 3.8) is 0 Å². The minimum atomic E-state index is -0.768. The van der Waals surface area contributed by atoms with Crippen molar-refractivity contribution in [3.8, 4) is 0 Å². The summed E-state index contributed by atoms with van der Waals surface area (Å²) in [4.78, 5) is 29.5. The van der Waals surface area contributed by atoms with Gasteiger partial charge in [-0.1, -0.05) is 69.3 Å². The van der Waals surface area contributed by atoms with Gasteiger partial charge in [-0.2, -0.15) is 0 Å². The standard InChI is InChI=1S/C35H43FN2O3/c1-23-10-7-14-29(36)30(23)33(40)38-21-9-13-28(32(39)37-27-12-8-11-26(22-27)34(2,3)4)31(38)25-17-15-24(16-18-25)19-20-35(5,6)41/h7-8,10-12,14-18,22,28,31,41H,9,13,19-21H2,1-6H3,(H,37,39)/t28-,31-/m0/s1. The molecular formula is C35H43FN2O3. The van der Waals surface area contributed by atoms with Gasteiger partial charge < -0.3 is 15.3 Å². The van der Waals surface area contributed by atoms with E-state index in [4.69, 9.17) is 0 Å². The number of rotatable bonds is 7. The van der Waals surface area contributed by atoms with Crippen molar-refractivity contribution in [3.05, 3.63) is 100 Å². The normalized spacial score (nSPS) is 17.8. The molecule has 0 saturated carbocycles. The molecule has 1 aliphatic rings. The van der Waals surface area contributed by atoms with Crippen LogP contribution in [0.15, 0.2) is 66.7 Å². The predicted octanol–water partition coefficient (Wildman–Crippen LogP) is 7.37. The molecule has 2 amide bonds. The molecule has 0 spiro atoms. The Balaban J connectivity index is 1.69. The summed E-state index contributed by atoms with van der Waals surface area (Å²) in [6.07, 6.45) is 2.57. The van der Waals surface area contributed by atoms with Crippen molar-refractivity contribution in [1.82, 2.24) is 4.90 Å². The molecule has 2 atom stereocenters. The van der Waals surface area contributed by atoms with Gasteiger partial charge in [0.25, 0.3) is 5.91 Å². The van der Waals surface area contributed by atoms with Crippen molar-refractivity contribution in [2.45, 2.75) is 84.3 Å². The Morgan fingerprint density at radius 2 is 1.68 bits per heavy atom. The fraction of sp³-hybridized carbons (Fsp3) is 0.429. The molecule has 1 heterocycles. The zero-order valence-corrected chi connectivity index (χ0v) is 25.1. The number of amides is 2. The summed E-state index contributed by atoms with van der Waals surface area (Å²) in [5.41, 5.74) is 3.52. The molecule has 6 heteroatoms. The first-order valence-corrected chi connectivity index (χ1v) is 14.5. The highest BCUT2D eigenvalue weighted by molar-refractivity contribution is 5.98. The Kier molecular flexibility index (Phi) is 9.03. The first-order chi connectivity index (χ1) is 19.2. The topological polar surface area (TPSA) is 69.6 Å². The molecule has 3 aromatic carbocycles. The maximum absolute atomic E-state index is 14.9. The summed E-state index contributed by atoms with van der Waals surface area (Å²) < 4.78 is 14.9. The van der Waals surface area contributed by atoms with Crippen molar-refractivity contribution in [2.75, 3.05) is 11.9 Å². The van der Waals surface area contributed by atoms with Crippen LogP contribution in [0.2, 0.25) is 0 Å². The number of anilines is 1. The molecule has 0 bridgehead atoms. The van der Waals surface area contributed by atoms with E-state index in [1.54, 1.807) is 37.8 Å². The first kappa shape index (κ1) is 30.4. The van der Waals surface area contributed by atoms with Crippen molar-refractivity contribution < 1.29 is 19.1 Å². The zero-order valence-electron chi connectivity index (χ0n) is 25.1. The lowest BCUT2D eigenvalue weighted by Crippen LogP contribution is -2.46. The molecular weight excluding hydrogens is 515 g/mol.